The minimum absolute atomic E-state index is 0.00743. The molecule has 2 saturated heterocycles. The van der Waals surface area contributed by atoms with Crippen molar-refractivity contribution >= 4 is 91.8 Å². The second-order valence-corrected chi connectivity index (χ2v) is 20.1. The van der Waals surface area contributed by atoms with Gasteiger partial charge in [-0.25, -0.2) is 15.0 Å². The number of carbonyl (C=O) groups excluding carboxylic acids is 4. The summed E-state index contributed by atoms with van der Waals surface area (Å²) in [7, 11) is 4.58. The minimum Gasteiger partial charge on any atom is -0.494 e. The summed E-state index contributed by atoms with van der Waals surface area (Å²) in [4.78, 5) is 85.8. The van der Waals surface area contributed by atoms with E-state index in [0.29, 0.717) is 122 Å². The van der Waals surface area contributed by atoms with Crippen LogP contribution in [0.15, 0.2) is 50.2 Å². The number of anilines is 4. The molecule has 7 rings (SSSR count). The molecule has 22 heteroatoms. The van der Waals surface area contributed by atoms with Crippen LogP contribution in [0.4, 0.5) is 22.6 Å². The molecule has 4 amide bonds. The van der Waals surface area contributed by atoms with Gasteiger partial charge in [-0.2, -0.15) is 4.98 Å². The Balaban J connectivity index is 0.817. The van der Waals surface area contributed by atoms with Gasteiger partial charge in [0.05, 0.1) is 41.2 Å². The van der Waals surface area contributed by atoms with Gasteiger partial charge in [0.25, 0.3) is 11.5 Å². The number of halogens is 1. The van der Waals surface area contributed by atoms with E-state index in [0.717, 1.165) is 9.97 Å². The number of thiazole rings is 1. The lowest BCUT2D eigenvalue weighted by molar-refractivity contribution is -0.134. The van der Waals surface area contributed by atoms with Crippen molar-refractivity contribution in [2.24, 2.45) is 18.9 Å². The number of carbonyl (C=O) groups is 4. The van der Waals surface area contributed by atoms with Crippen LogP contribution in [0.1, 0.15) is 70.9 Å². The van der Waals surface area contributed by atoms with Gasteiger partial charge in [-0.3, -0.25) is 24.0 Å². The van der Waals surface area contributed by atoms with Crippen molar-refractivity contribution in [1.82, 2.24) is 40.0 Å². The van der Waals surface area contributed by atoms with Crippen molar-refractivity contribution < 1.29 is 33.1 Å². The number of aryl methyl sites for hydroxylation is 1. The van der Waals surface area contributed by atoms with Crippen molar-refractivity contribution in [2.75, 3.05) is 69.0 Å². The van der Waals surface area contributed by atoms with Crippen molar-refractivity contribution in [2.45, 2.75) is 74.7 Å². The molecule has 67 heavy (non-hydrogen) atoms. The lowest BCUT2D eigenvalue weighted by Crippen LogP contribution is -2.42. The number of hydrogen-bond acceptors (Lipinski definition) is 16. The first-order chi connectivity index (χ1) is 32.1. The molecule has 0 bridgehead atoms. The van der Waals surface area contributed by atoms with E-state index in [1.807, 2.05) is 4.90 Å². The van der Waals surface area contributed by atoms with Gasteiger partial charge in [0.15, 0.2) is 23.3 Å². The van der Waals surface area contributed by atoms with Gasteiger partial charge in [0, 0.05) is 87.6 Å². The molecule has 0 aliphatic carbocycles. The minimum atomic E-state index is -0.422. The number of pyridine rings is 1. The average molecular weight is 979 g/mol. The average Bonchev–Trinajstić information content (AvgIpc) is 4.01. The number of nitrogens with one attached hydrogen (secondary N) is 4. The Morgan fingerprint density at radius 2 is 1.69 bits per heavy atom. The summed E-state index contributed by atoms with van der Waals surface area (Å²) in [5, 5.41) is 13.1. The monoisotopic (exact) mass is 977 g/mol. The standard InChI is InChI=1S/C45H56ClN11O8S2/c1-45(2,3)33-22-49-35(65-33)25-66-37-23-51-44(67-37)54-41(61)27-9-14-56(15-10-27)36(59)8-7-13-48-40(60)26-11-16-57(17-12-26)43-50-21-30(46)39(53-43)52-29-18-28-19-32(64-24-34(58)47-4)42(62)55(5)38(28)31(20-29)63-6/h18-23,26-27H,7-17,24-25H2,1-6H3,(H,47,58)(H,48,60)(H,50,52,53)(H,51,54,61). The number of aromatic nitrogens is 5. The quantitative estimate of drug-likeness (QED) is 0.0630. The predicted molar refractivity (Wildman–Crippen MR) is 258 cm³/mol. The van der Waals surface area contributed by atoms with E-state index in [1.54, 1.807) is 54.3 Å². The van der Waals surface area contributed by atoms with Crippen LogP contribution in [0.3, 0.4) is 0 Å². The van der Waals surface area contributed by atoms with Crippen LogP contribution in [-0.4, -0.2) is 107 Å². The third-order valence-corrected chi connectivity index (χ3v) is 14.0. The fourth-order valence-corrected chi connectivity index (χ4v) is 9.65. The predicted octanol–water partition coefficient (Wildman–Crippen LogP) is 5.88. The number of methoxy groups -OCH3 is 1. The zero-order valence-corrected chi connectivity index (χ0v) is 40.8. The molecule has 2 fully saturated rings. The Hall–Kier alpha value is -5.93. The number of likely N-dealkylation sites (N-methyl/N-ethyl adjacent to an activating group) is 1. The van der Waals surface area contributed by atoms with E-state index in [4.69, 9.17) is 30.5 Å². The van der Waals surface area contributed by atoms with E-state index in [-0.39, 0.29) is 58.3 Å². The van der Waals surface area contributed by atoms with Gasteiger partial charge in [0.2, 0.25) is 29.6 Å². The Morgan fingerprint density at radius 1 is 0.955 bits per heavy atom. The molecule has 4 aromatic heterocycles. The topological polar surface area (TPSA) is 228 Å². The number of rotatable bonds is 17. The van der Waals surface area contributed by atoms with Crippen LogP contribution in [0.2, 0.25) is 5.02 Å². The summed E-state index contributed by atoms with van der Waals surface area (Å²) >= 11 is 9.53. The number of amides is 4. The SMILES string of the molecule is CNC(=O)COc1cc2cc(Nc3nc(N4CCC(C(=O)NCCCC(=O)N5CCC(C(=O)Nc6ncc(SCc7ncc(C(C)(C)C)o7)s6)CC5)CC4)ncc3Cl)cc(OC)c2n(C)c1=O. The fraction of sp³-hybridized carbons (Fsp3) is 0.489. The third-order valence-electron chi connectivity index (χ3n) is 11.7. The molecule has 0 unspecified atom stereocenters. The maximum atomic E-state index is 13.1. The van der Waals surface area contributed by atoms with Crippen molar-refractivity contribution in [3.63, 3.8) is 0 Å². The number of ether oxygens (including phenoxy) is 2. The summed E-state index contributed by atoms with van der Waals surface area (Å²) in [6, 6.07) is 5.07. The number of oxazole rings is 1. The Labute approximate surface area is 401 Å². The molecular formula is C45H56ClN11O8S2. The molecule has 1 aromatic carbocycles. The first-order valence-corrected chi connectivity index (χ1v) is 24.3. The second-order valence-electron chi connectivity index (χ2n) is 17.4. The second kappa shape index (κ2) is 21.8. The fourth-order valence-electron chi connectivity index (χ4n) is 7.78. The number of hydrogen-bond donors (Lipinski definition) is 4. The van der Waals surface area contributed by atoms with Gasteiger partial charge >= 0.3 is 0 Å². The van der Waals surface area contributed by atoms with Crippen molar-refractivity contribution in [3.8, 4) is 11.5 Å². The normalized spacial score (nSPS) is 14.8. The number of benzene rings is 1. The molecule has 5 aromatic rings. The molecule has 4 N–H and O–H groups in total. The lowest BCUT2D eigenvalue weighted by atomic mass is 9.94. The summed E-state index contributed by atoms with van der Waals surface area (Å²) in [6.07, 6.45) is 8.19. The largest absolute Gasteiger partial charge is 0.494 e. The Kier molecular flexibility index (Phi) is 15.9. The highest BCUT2D eigenvalue weighted by atomic mass is 35.5. The Morgan fingerprint density at radius 3 is 2.39 bits per heavy atom. The number of likely N-dealkylation sites (tertiary alicyclic amines) is 1. The maximum absolute atomic E-state index is 13.1. The molecule has 358 valence electrons. The van der Waals surface area contributed by atoms with E-state index >= 15 is 0 Å². The maximum Gasteiger partial charge on any atom is 0.293 e. The van der Waals surface area contributed by atoms with Crippen LogP contribution in [-0.2, 0) is 37.4 Å². The highest BCUT2D eigenvalue weighted by molar-refractivity contribution is 8.00. The molecular weight excluding hydrogens is 922 g/mol. The smallest absolute Gasteiger partial charge is 0.293 e. The molecule has 0 atom stereocenters. The van der Waals surface area contributed by atoms with Crippen LogP contribution in [0.5, 0.6) is 11.5 Å². The van der Waals surface area contributed by atoms with Gasteiger partial charge < -0.3 is 49.5 Å². The molecule has 0 saturated carbocycles. The summed E-state index contributed by atoms with van der Waals surface area (Å²) in [6.45, 7) is 8.42. The number of thioether (sulfide) groups is 1. The summed E-state index contributed by atoms with van der Waals surface area (Å²) in [5.41, 5.74) is 0.571. The molecule has 19 nitrogen and oxygen atoms in total. The van der Waals surface area contributed by atoms with E-state index in [1.165, 1.54) is 36.3 Å². The Bertz CT molecular complexity index is 2650. The number of fused-ring (bicyclic) bond motifs is 1. The van der Waals surface area contributed by atoms with E-state index in [2.05, 4.69) is 57.0 Å². The zero-order chi connectivity index (χ0) is 47.8. The lowest BCUT2D eigenvalue weighted by Gasteiger charge is -2.32. The molecule has 0 radical (unpaired) electrons. The van der Waals surface area contributed by atoms with Crippen LogP contribution >= 0.6 is 34.7 Å². The van der Waals surface area contributed by atoms with Gasteiger partial charge in [0.1, 0.15) is 16.5 Å². The first-order valence-electron chi connectivity index (χ1n) is 22.1. The molecule has 0 spiro atoms. The highest BCUT2D eigenvalue weighted by Crippen LogP contribution is 2.35. The highest BCUT2D eigenvalue weighted by Gasteiger charge is 2.29. The summed E-state index contributed by atoms with van der Waals surface area (Å²) in [5.74, 6) is 2.40. The van der Waals surface area contributed by atoms with Gasteiger partial charge in [-0.1, -0.05) is 43.7 Å². The number of nitrogens with zero attached hydrogens (tertiary/aromatic N) is 7. The van der Waals surface area contributed by atoms with Gasteiger partial charge in [-0.15, -0.1) is 11.8 Å². The van der Waals surface area contributed by atoms with Crippen molar-refractivity contribution in [3.05, 3.63) is 63.8 Å². The van der Waals surface area contributed by atoms with Crippen LogP contribution < -0.4 is 41.2 Å². The van der Waals surface area contributed by atoms with Crippen molar-refractivity contribution in [1.29, 1.82) is 0 Å². The van der Waals surface area contributed by atoms with E-state index in [9.17, 15) is 24.0 Å². The molecule has 2 aliphatic heterocycles. The first kappa shape index (κ1) is 49.0. The third kappa shape index (κ3) is 12.3. The van der Waals surface area contributed by atoms with Gasteiger partial charge in [-0.05, 0) is 44.2 Å². The zero-order valence-electron chi connectivity index (χ0n) is 38.4. The summed E-state index contributed by atoms with van der Waals surface area (Å²) < 4.78 is 19.4. The van der Waals surface area contributed by atoms with E-state index < -0.39 is 5.56 Å². The molecule has 2 aliphatic rings. The van der Waals surface area contributed by atoms with Crippen LogP contribution in [0.25, 0.3) is 10.9 Å². The number of piperidine rings is 2. The van der Waals surface area contributed by atoms with Crippen LogP contribution in [0, 0.1) is 11.8 Å². The molecule has 6 heterocycles.